The lowest BCUT2D eigenvalue weighted by Gasteiger charge is -2.53. The third kappa shape index (κ3) is 2.42. The third-order valence-corrected chi connectivity index (χ3v) is 6.07. The van der Waals surface area contributed by atoms with Crippen LogP contribution >= 0.6 is 0 Å². The Hall–Kier alpha value is -2.63. The Labute approximate surface area is 150 Å². The highest BCUT2D eigenvalue weighted by Crippen LogP contribution is 2.49. The Morgan fingerprint density at radius 3 is 2.44 bits per heavy atom. The van der Waals surface area contributed by atoms with Crippen LogP contribution in [-0.4, -0.2) is 42.1 Å². The van der Waals surface area contributed by atoms with Crippen LogP contribution in [0.1, 0.15) is 28.8 Å². The monoisotopic (exact) mass is 404 g/mol. The number of halogens is 3. The molecule has 3 fully saturated rings. The van der Waals surface area contributed by atoms with Gasteiger partial charge < -0.3 is 9.08 Å². The first-order chi connectivity index (χ1) is 12.4. The van der Waals surface area contributed by atoms with Gasteiger partial charge in [0.05, 0.1) is 0 Å². The summed E-state index contributed by atoms with van der Waals surface area (Å²) in [6.07, 6.45) is 0.367. The molecule has 1 N–H and O–H groups in total. The number of hydrogen-bond acceptors (Lipinski definition) is 6. The average molecular weight is 404 g/mol. The molecular formula is C15H11F3N2O6S. The number of benzene rings is 1. The van der Waals surface area contributed by atoms with E-state index in [1.807, 2.05) is 0 Å². The van der Waals surface area contributed by atoms with Crippen molar-refractivity contribution >= 4 is 27.8 Å². The number of nitrogens with zero attached hydrogens (tertiary/aromatic N) is 1. The molecule has 4 aliphatic rings. The number of piperidine rings is 2. The highest BCUT2D eigenvalue weighted by Gasteiger charge is 2.63. The van der Waals surface area contributed by atoms with E-state index >= 15 is 0 Å². The van der Waals surface area contributed by atoms with Crippen LogP contribution in [0, 0.1) is 5.92 Å². The van der Waals surface area contributed by atoms with Gasteiger partial charge in [-0.25, -0.2) is 0 Å². The first-order valence-corrected chi connectivity index (χ1v) is 9.16. The molecule has 1 aromatic carbocycles. The summed E-state index contributed by atoms with van der Waals surface area (Å²) < 4.78 is 63.6. The second-order valence-electron chi connectivity index (χ2n) is 6.65. The number of hydrogen-bond donors (Lipinski definition) is 1. The van der Waals surface area contributed by atoms with Gasteiger partial charge in [0.15, 0.2) is 0 Å². The number of amides is 3. The van der Waals surface area contributed by atoms with Gasteiger partial charge in [-0.05, 0) is 30.5 Å². The van der Waals surface area contributed by atoms with E-state index < -0.39 is 38.7 Å². The van der Waals surface area contributed by atoms with Crippen molar-refractivity contribution in [2.45, 2.75) is 30.4 Å². The van der Waals surface area contributed by atoms with Crippen molar-refractivity contribution in [2.24, 2.45) is 5.92 Å². The van der Waals surface area contributed by atoms with Crippen LogP contribution in [0.3, 0.4) is 0 Å². The highest BCUT2D eigenvalue weighted by molar-refractivity contribution is 7.88. The van der Waals surface area contributed by atoms with E-state index in [0.29, 0.717) is 5.56 Å². The van der Waals surface area contributed by atoms with Crippen LogP contribution in [-0.2, 0) is 26.3 Å². The molecule has 2 saturated heterocycles. The number of carbonyl (C=O) groups is 3. The van der Waals surface area contributed by atoms with Gasteiger partial charge in [0, 0.05) is 18.0 Å². The predicted octanol–water partition coefficient (Wildman–Crippen LogP) is 0.676. The zero-order chi connectivity index (χ0) is 19.8. The largest absolute Gasteiger partial charge is 0.534 e. The zero-order valence-corrected chi connectivity index (χ0v) is 14.2. The highest BCUT2D eigenvalue weighted by atomic mass is 32.2. The molecule has 12 heteroatoms. The smallest absolute Gasteiger partial charge is 0.376 e. The van der Waals surface area contributed by atoms with E-state index in [0.717, 1.165) is 12.1 Å². The molecule has 1 aliphatic carbocycles. The molecule has 5 rings (SSSR count). The molecule has 3 amide bonds. The Morgan fingerprint density at radius 1 is 1.19 bits per heavy atom. The van der Waals surface area contributed by atoms with E-state index in [1.54, 1.807) is 0 Å². The fourth-order valence-electron chi connectivity index (χ4n) is 3.65. The predicted molar refractivity (Wildman–Crippen MR) is 80.5 cm³/mol. The number of carbonyl (C=O) groups excluding carboxylic acids is 3. The number of imide groups is 1. The number of rotatable bonds is 3. The number of nitrogens with one attached hydrogen (secondary N) is 1. The van der Waals surface area contributed by atoms with Crippen molar-refractivity contribution in [3.8, 4) is 5.75 Å². The lowest BCUT2D eigenvalue weighted by Crippen LogP contribution is -2.73. The fourth-order valence-corrected chi connectivity index (χ4v) is 4.10. The summed E-state index contributed by atoms with van der Waals surface area (Å²) >= 11 is 0. The molecule has 8 nitrogen and oxygen atoms in total. The van der Waals surface area contributed by atoms with Gasteiger partial charge in [0.1, 0.15) is 11.3 Å². The Morgan fingerprint density at radius 2 is 1.85 bits per heavy atom. The summed E-state index contributed by atoms with van der Waals surface area (Å²) in [7, 11) is -5.87. The molecule has 2 bridgehead atoms. The lowest BCUT2D eigenvalue weighted by molar-refractivity contribution is -0.160. The quantitative estimate of drug-likeness (QED) is 0.451. The number of fused-ring (bicyclic) bond motifs is 3. The minimum atomic E-state index is -5.87. The van der Waals surface area contributed by atoms with Gasteiger partial charge in [0.25, 0.3) is 11.8 Å². The topological polar surface area (TPSA) is 110 Å². The van der Waals surface area contributed by atoms with Crippen molar-refractivity contribution < 1.29 is 40.2 Å². The molecule has 0 unspecified atom stereocenters. The first-order valence-electron chi connectivity index (χ1n) is 7.75. The molecule has 0 radical (unpaired) electrons. The van der Waals surface area contributed by atoms with Gasteiger partial charge in [-0.15, -0.1) is 0 Å². The summed E-state index contributed by atoms with van der Waals surface area (Å²) in [5, 5.41) is 2.20. The van der Waals surface area contributed by atoms with E-state index in [2.05, 4.69) is 9.50 Å². The lowest BCUT2D eigenvalue weighted by atomic mass is 9.63. The molecule has 1 saturated carbocycles. The molecule has 3 aliphatic heterocycles. The Bertz CT molecular complexity index is 997. The molecule has 3 heterocycles. The molecule has 0 spiro atoms. The van der Waals surface area contributed by atoms with Crippen molar-refractivity contribution in [1.82, 2.24) is 10.2 Å². The summed E-state index contributed by atoms with van der Waals surface area (Å²) in [6, 6.07) is 3.18. The zero-order valence-electron chi connectivity index (χ0n) is 13.4. The minimum absolute atomic E-state index is 0.0226. The third-order valence-electron chi connectivity index (χ3n) is 5.09. The maximum Gasteiger partial charge on any atom is 0.534 e. The second-order valence-corrected chi connectivity index (χ2v) is 8.19. The van der Waals surface area contributed by atoms with Gasteiger partial charge in [0.2, 0.25) is 5.91 Å². The van der Waals surface area contributed by atoms with Gasteiger partial charge in [-0.3, -0.25) is 19.7 Å². The maximum atomic E-state index is 12.7. The van der Waals surface area contributed by atoms with Gasteiger partial charge >= 0.3 is 15.6 Å². The van der Waals surface area contributed by atoms with Gasteiger partial charge in [-0.2, -0.15) is 21.6 Å². The van der Waals surface area contributed by atoms with Crippen molar-refractivity contribution in [3.05, 3.63) is 29.3 Å². The molecule has 0 atom stereocenters. The van der Waals surface area contributed by atoms with E-state index in [9.17, 15) is 36.0 Å². The number of alkyl halides is 3. The van der Waals surface area contributed by atoms with Crippen LogP contribution < -0.4 is 9.50 Å². The first kappa shape index (κ1) is 17.8. The summed E-state index contributed by atoms with van der Waals surface area (Å²) in [6.45, 7) is 0.0226. The molecule has 144 valence electrons. The molecule has 0 aromatic heterocycles. The van der Waals surface area contributed by atoms with Crippen molar-refractivity contribution in [2.75, 3.05) is 0 Å². The minimum Gasteiger partial charge on any atom is -0.376 e. The summed E-state index contributed by atoms with van der Waals surface area (Å²) in [4.78, 5) is 37.8. The van der Waals surface area contributed by atoms with E-state index in [1.165, 1.54) is 11.0 Å². The van der Waals surface area contributed by atoms with E-state index in [-0.39, 0.29) is 36.8 Å². The van der Waals surface area contributed by atoms with Crippen LogP contribution in [0.4, 0.5) is 13.2 Å². The summed E-state index contributed by atoms with van der Waals surface area (Å²) in [5.41, 5.74) is -6.41. The second kappa shape index (κ2) is 5.21. The Balaban J connectivity index is 1.61. The van der Waals surface area contributed by atoms with Crippen LogP contribution in [0.2, 0.25) is 0 Å². The molecular weight excluding hydrogens is 393 g/mol. The van der Waals surface area contributed by atoms with Crippen LogP contribution in [0.25, 0.3) is 0 Å². The fraction of sp³-hybridized carbons (Fsp3) is 0.400. The average Bonchev–Trinajstić information content (AvgIpc) is 2.82. The van der Waals surface area contributed by atoms with E-state index in [4.69, 9.17) is 0 Å². The molecule has 27 heavy (non-hydrogen) atoms. The molecule has 1 aromatic rings. The van der Waals surface area contributed by atoms with Crippen LogP contribution in [0.5, 0.6) is 5.75 Å². The maximum absolute atomic E-state index is 12.7. The summed E-state index contributed by atoms with van der Waals surface area (Å²) in [5.74, 6) is -2.64. The van der Waals surface area contributed by atoms with Crippen molar-refractivity contribution in [3.63, 3.8) is 0 Å². The SMILES string of the molecule is O=C1NC(=O)C2(N3Cc4ccc(OS(=O)(=O)C(F)(F)F)cc4C3=O)CC1C2. The van der Waals surface area contributed by atoms with Gasteiger partial charge in [-0.1, -0.05) is 6.07 Å². The normalized spacial score (nSPS) is 27.1. The standard InChI is InChI=1S/C15H11F3N2O6S/c16-15(17,18)27(24,25)26-9-2-1-7-6-20(12(22)10(7)3-9)14-4-8(5-14)11(21)19-13(14)23/h1-3,8H,4-6H2,(H,19,21,23). The van der Waals surface area contributed by atoms with Crippen LogP contribution in [0.15, 0.2) is 18.2 Å². The van der Waals surface area contributed by atoms with Crippen molar-refractivity contribution in [1.29, 1.82) is 0 Å². The Kier molecular flexibility index (Phi) is 3.43.